The lowest BCUT2D eigenvalue weighted by atomic mass is 10.0. The maximum atomic E-state index is 12.3. The molecule has 1 rings (SSSR count). The third-order valence-electron chi connectivity index (χ3n) is 3.30. The maximum Gasteiger partial charge on any atom is 0.272 e. The smallest absolute Gasteiger partial charge is 0.272 e. The minimum absolute atomic E-state index is 0.0392. The maximum absolute atomic E-state index is 12.3. The molecule has 0 aromatic heterocycles. The Morgan fingerprint density at radius 3 is 2.35 bits per heavy atom. The lowest BCUT2D eigenvalue weighted by Gasteiger charge is -2.21. The topological polar surface area (TPSA) is 63.5 Å². The van der Waals surface area contributed by atoms with Crippen molar-refractivity contribution < 1.29 is 9.72 Å². The molecule has 5 heteroatoms. The Morgan fingerprint density at radius 2 is 1.85 bits per heavy atom. The fourth-order valence-electron chi connectivity index (χ4n) is 2.23. The zero-order valence-corrected chi connectivity index (χ0v) is 12.4. The molecule has 0 aliphatic carbocycles. The van der Waals surface area contributed by atoms with Crippen LogP contribution in [0.15, 0.2) is 18.2 Å². The summed E-state index contributed by atoms with van der Waals surface area (Å²) in [6.45, 7) is 7.25. The molecule has 0 heterocycles. The molecular formula is C15H22N2O3. The van der Waals surface area contributed by atoms with Crippen LogP contribution in [0.3, 0.4) is 0 Å². The fraction of sp³-hybridized carbons (Fsp3) is 0.533. The third-order valence-corrected chi connectivity index (χ3v) is 3.30. The Hall–Kier alpha value is -1.91. The molecule has 0 bridgehead atoms. The van der Waals surface area contributed by atoms with Gasteiger partial charge in [-0.3, -0.25) is 14.9 Å². The SMILES string of the molecule is CCCN(CCC)C(=O)Cc1cccc([N+](=O)[O-])c1C. The monoisotopic (exact) mass is 278 g/mol. The van der Waals surface area contributed by atoms with Gasteiger partial charge in [-0.15, -0.1) is 0 Å². The molecule has 0 spiro atoms. The van der Waals surface area contributed by atoms with Gasteiger partial charge in [-0.25, -0.2) is 0 Å². The van der Waals surface area contributed by atoms with E-state index in [9.17, 15) is 14.9 Å². The summed E-state index contributed by atoms with van der Waals surface area (Å²) in [5.41, 5.74) is 1.40. The van der Waals surface area contributed by atoms with Crippen molar-refractivity contribution in [1.82, 2.24) is 4.90 Å². The van der Waals surface area contributed by atoms with Crippen LogP contribution in [-0.4, -0.2) is 28.8 Å². The molecule has 0 aliphatic rings. The van der Waals surface area contributed by atoms with Gasteiger partial charge >= 0.3 is 0 Å². The second-order valence-electron chi connectivity index (χ2n) is 4.88. The van der Waals surface area contributed by atoms with Crippen molar-refractivity contribution in [3.8, 4) is 0 Å². The van der Waals surface area contributed by atoms with E-state index in [1.54, 1.807) is 19.1 Å². The fourth-order valence-corrected chi connectivity index (χ4v) is 2.23. The van der Waals surface area contributed by atoms with Gasteiger partial charge in [-0.2, -0.15) is 0 Å². The molecule has 0 radical (unpaired) electrons. The van der Waals surface area contributed by atoms with Crippen molar-refractivity contribution in [2.45, 2.75) is 40.0 Å². The summed E-state index contributed by atoms with van der Waals surface area (Å²) in [5, 5.41) is 10.9. The summed E-state index contributed by atoms with van der Waals surface area (Å²) in [6.07, 6.45) is 2.06. The zero-order chi connectivity index (χ0) is 15.1. The van der Waals surface area contributed by atoms with Crippen molar-refractivity contribution >= 4 is 11.6 Å². The highest BCUT2D eigenvalue weighted by molar-refractivity contribution is 5.79. The van der Waals surface area contributed by atoms with Gasteiger partial charge in [-0.05, 0) is 25.3 Å². The first kappa shape index (κ1) is 16.1. The van der Waals surface area contributed by atoms with E-state index in [0.29, 0.717) is 5.56 Å². The number of hydrogen-bond acceptors (Lipinski definition) is 3. The molecule has 20 heavy (non-hydrogen) atoms. The zero-order valence-electron chi connectivity index (χ0n) is 12.4. The van der Waals surface area contributed by atoms with Gasteiger partial charge in [-0.1, -0.05) is 26.0 Å². The first-order valence-corrected chi connectivity index (χ1v) is 7.01. The van der Waals surface area contributed by atoms with Crippen LogP contribution >= 0.6 is 0 Å². The average molecular weight is 278 g/mol. The Kier molecular flexibility index (Phi) is 6.15. The standard InChI is InChI=1S/C15H22N2O3/c1-4-9-16(10-5-2)15(18)11-13-7-6-8-14(12(13)3)17(19)20/h6-8H,4-5,9-11H2,1-3H3. The van der Waals surface area contributed by atoms with Gasteiger partial charge < -0.3 is 4.90 Å². The number of nitro groups is 1. The van der Waals surface area contributed by atoms with Gasteiger partial charge in [0, 0.05) is 24.7 Å². The van der Waals surface area contributed by atoms with E-state index in [1.165, 1.54) is 6.07 Å². The van der Waals surface area contributed by atoms with Crippen LogP contribution in [0.5, 0.6) is 0 Å². The predicted octanol–water partition coefficient (Wildman–Crippen LogP) is 3.09. The highest BCUT2D eigenvalue weighted by Crippen LogP contribution is 2.21. The second kappa shape index (κ2) is 7.62. The lowest BCUT2D eigenvalue weighted by Crippen LogP contribution is -2.33. The van der Waals surface area contributed by atoms with E-state index in [4.69, 9.17) is 0 Å². The number of nitro benzene ring substituents is 1. The number of hydrogen-bond donors (Lipinski definition) is 0. The van der Waals surface area contributed by atoms with Crippen LogP contribution in [-0.2, 0) is 11.2 Å². The quantitative estimate of drug-likeness (QED) is 0.568. The lowest BCUT2D eigenvalue weighted by molar-refractivity contribution is -0.385. The summed E-state index contributed by atoms with van der Waals surface area (Å²) < 4.78 is 0. The largest absolute Gasteiger partial charge is 0.342 e. The number of carbonyl (C=O) groups is 1. The van der Waals surface area contributed by atoms with Crippen molar-refractivity contribution in [2.24, 2.45) is 0 Å². The molecule has 1 aromatic rings. The molecule has 0 fully saturated rings. The number of rotatable bonds is 7. The van der Waals surface area contributed by atoms with Crippen molar-refractivity contribution in [1.29, 1.82) is 0 Å². The Labute approximate surface area is 119 Å². The summed E-state index contributed by atoms with van der Waals surface area (Å²) in [4.78, 5) is 24.6. The predicted molar refractivity (Wildman–Crippen MR) is 78.7 cm³/mol. The molecule has 0 N–H and O–H groups in total. The summed E-state index contributed by atoms with van der Waals surface area (Å²) in [5.74, 6) is 0.0392. The Bertz CT molecular complexity index is 480. The highest BCUT2D eigenvalue weighted by Gasteiger charge is 2.18. The van der Waals surface area contributed by atoms with Gasteiger partial charge in [0.2, 0.25) is 5.91 Å². The van der Waals surface area contributed by atoms with Gasteiger partial charge in [0.1, 0.15) is 0 Å². The van der Waals surface area contributed by atoms with Crippen LogP contribution in [0.4, 0.5) is 5.69 Å². The minimum atomic E-state index is -0.404. The molecule has 0 saturated heterocycles. The molecule has 5 nitrogen and oxygen atoms in total. The van der Waals surface area contributed by atoms with E-state index < -0.39 is 4.92 Å². The molecule has 0 unspecified atom stereocenters. The number of nitrogens with zero attached hydrogens (tertiary/aromatic N) is 2. The van der Waals surface area contributed by atoms with Crippen LogP contribution in [0.25, 0.3) is 0 Å². The van der Waals surface area contributed by atoms with Crippen molar-refractivity contribution in [3.05, 3.63) is 39.4 Å². The molecule has 1 aromatic carbocycles. The van der Waals surface area contributed by atoms with Crippen LogP contribution in [0.1, 0.15) is 37.8 Å². The summed E-state index contributed by atoms with van der Waals surface area (Å²) in [7, 11) is 0. The van der Waals surface area contributed by atoms with Crippen LogP contribution in [0, 0.1) is 17.0 Å². The van der Waals surface area contributed by atoms with Crippen LogP contribution in [0.2, 0.25) is 0 Å². The molecule has 1 amide bonds. The van der Waals surface area contributed by atoms with E-state index >= 15 is 0 Å². The Morgan fingerprint density at radius 1 is 1.25 bits per heavy atom. The normalized spacial score (nSPS) is 10.3. The van der Waals surface area contributed by atoms with Crippen molar-refractivity contribution in [2.75, 3.05) is 13.1 Å². The van der Waals surface area contributed by atoms with Crippen molar-refractivity contribution in [3.63, 3.8) is 0 Å². The van der Waals surface area contributed by atoms with Gasteiger partial charge in [0.15, 0.2) is 0 Å². The van der Waals surface area contributed by atoms with Gasteiger partial charge in [0.25, 0.3) is 5.69 Å². The molecule has 0 saturated carbocycles. The summed E-state index contributed by atoms with van der Waals surface area (Å²) in [6, 6.07) is 4.90. The molecule has 110 valence electrons. The van der Waals surface area contributed by atoms with E-state index in [0.717, 1.165) is 31.5 Å². The third kappa shape index (κ3) is 4.05. The highest BCUT2D eigenvalue weighted by atomic mass is 16.6. The van der Waals surface area contributed by atoms with E-state index in [1.807, 2.05) is 18.7 Å². The number of amides is 1. The first-order valence-electron chi connectivity index (χ1n) is 7.01. The average Bonchev–Trinajstić information content (AvgIpc) is 2.40. The number of benzene rings is 1. The Balaban J connectivity index is 2.89. The van der Waals surface area contributed by atoms with Gasteiger partial charge in [0.05, 0.1) is 11.3 Å². The van der Waals surface area contributed by atoms with E-state index in [-0.39, 0.29) is 18.0 Å². The number of carbonyl (C=O) groups excluding carboxylic acids is 1. The summed E-state index contributed by atoms with van der Waals surface area (Å²) >= 11 is 0. The molecule has 0 aliphatic heterocycles. The molecule has 0 atom stereocenters. The first-order chi connectivity index (χ1) is 9.51. The van der Waals surface area contributed by atoms with E-state index in [2.05, 4.69) is 0 Å². The molecular weight excluding hydrogens is 256 g/mol. The second-order valence-corrected chi connectivity index (χ2v) is 4.88. The van der Waals surface area contributed by atoms with Crippen LogP contribution < -0.4 is 0 Å². The minimum Gasteiger partial charge on any atom is -0.342 e.